The largest absolute Gasteiger partial charge is 0.409 e. The van der Waals surface area contributed by atoms with Crippen LogP contribution in [0.1, 0.15) is 12.0 Å². The summed E-state index contributed by atoms with van der Waals surface area (Å²) in [6.07, 6.45) is 1.11. The molecule has 1 atom stereocenters. The molecule has 3 N–H and O–H groups in total. The molecule has 0 aliphatic carbocycles. The van der Waals surface area contributed by atoms with Crippen molar-refractivity contribution in [1.82, 2.24) is 0 Å². The molecule has 0 radical (unpaired) electrons. The standard InChI is InChI=1S/C13H19N3O2/c1-18-9-10-6-7-16(8-10)12-5-3-2-4-11(12)13(14)15-17/h2-5,10,17H,6-9H2,1H3,(H2,14,15). The number of methoxy groups -OCH3 is 1. The molecule has 0 aromatic heterocycles. The number of ether oxygens (including phenoxy) is 1. The Morgan fingerprint density at radius 3 is 3.06 bits per heavy atom. The van der Waals surface area contributed by atoms with Crippen molar-refractivity contribution in [1.29, 1.82) is 0 Å². The molecule has 1 fully saturated rings. The Balaban J connectivity index is 2.19. The summed E-state index contributed by atoms with van der Waals surface area (Å²) >= 11 is 0. The van der Waals surface area contributed by atoms with Crippen LogP contribution in [0.15, 0.2) is 29.4 Å². The molecule has 98 valence electrons. The van der Waals surface area contributed by atoms with E-state index in [-0.39, 0.29) is 5.84 Å². The van der Waals surface area contributed by atoms with Crippen molar-refractivity contribution in [2.75, 3.05) is 31.7 Å². The van der Waals surface area contributed by atoms with E-state index in [2.05, 4.69) is 10.1 Å². The van der Waals surface area contributed by atoms with Crippen LogP contribution < -0.4 is 10.6 Å². The number of oxime groups is 1. The molecule has 1 unspecified atom stereocenters. The minimum Gasteiger partial charge on any atom is -0.409 e. The summed E-state index contributed by atoms with van der Waals surface area (Å²) in [5.41, 5.74) is 7.50. The fourth-order valence-electron chi connectivity index (χ4n) is 2.44. The number of hydrogen-bond acceptors (Lipinski definition) is 4. The number of rotatable bonds is 4. The Kier molecular flexibility index (Phi) is 4.04. The lowest BCUT2D eigenvalue weighted by molar-refractivity contribution is 0.161. The molecule has 5 nitrogen and oxygen atoms in total. The Labute approximate surface area is 107 Å². The minimum absolute atomic E-state index is 0.154. The topological polar surface area (TPSA) is 71.1 Å². The van der Waals surface area contributed by atoms with Gasteiger partial charge in [-0.1, -0.05) is 17.3 Å². The molecule has 5 heteroatoms. The lowest BCUT2D eigenvalue weighted by Crippen LogP contribution is -2.25. The molecular formula is C13H19N3O2. The summed E-state index contributed by atoms with van der Waals surface area (Å²) in [7, 11) is 1.73. The summed E-state index contributed by atoms with van der Waals surface area (Å²) < 4.78 is 5.19. The minimum atomic E-state index is 0.154. The van der Waals surface area contributed by atoms with Crippen molar-refractivity contribution < 1.29 is 9.94 Å². The molecule has 18 heavy (non-hydrogen) atoms. The molecule has 0 spiro atoms. The van der Waals surface area contributed by atoms with Crippen molar-refractivity contribution >= 4 is 11.5 Å². The van der Waals surface area contributed by atoms with E-state index in [1.54, 1.807) is 7.11 Å². The van der Waals surface area contributed by atoms with Crippen molar-refractivity contribution in [2.45, 2.75) is 6.42 Å². The smallest absolute Gasteiger partial charge is 0.172 e. The SMILES string of the molecule is COCC1CCN(c2ccccc2C(N)=NO)C1. The zero-order valence-corrected chi connectivity index (χ0v) is 10.5. The Bertz CT molecular complexity index is 434. The molecule has 1 aliphatic heterocycles. The summed E-state index contributed by atoms with van der Waals surface area (Å²) in [5.74, 6) is 0.705. The number of nitrogens with two attached hydrogens (primary N) is 1. The number of nitrogens with zero attached hydrogens (tertiary/aromatic N) is 2. The number of hydrogen-bond donors (Lipinski definition) is 2. The van der Waals surface area contributed by atoms with Gasteiger partial charge in [0.05, 0.1) is 6.61 Å². The molecule has 2 rings (SSSR count). The fourth-order valence-corrected chi connectivity index (χ4v) is 2.44. The number of para-hydroxylation sites is 1. The van der Waals surface area contributed by atoms with E-state index < -0.39 is 0 Å². The van der Waals surface area contributed by atoms with Gasteiger partial charge in [0.2, 0.25) is 0 Å². The van der Waals surface area contributed by atoms with Crippen LogP contribution in [0.3, 0.4) is 0 Å². The van der Waals surface area contributed by atoms with E-state index in [4.69, 9.17) is 15.7 Å². The number of amidine groups is 1. The Morgan fingerprint density at radius 1 is 1.56 bits per heavy atom. The summed E-state index contributed by atoms with van der Waals surface area (Å²) in [6.45, 7) is 2.70. The van der Waals surface area contributed by atoms with Gasteiger partial charge in [-0.2, -0.15) is 0 Å². The molecule has 1 saturated heterocycles. The Morgan fingerprint density at radius 2 is 2.33 bits per heavy atom. The summed E-state index contributed by atoms with van der Waals surface area (Å²) in [6, 6.07) is 7.73. The first-order valence-corrected chi connectivity index (χ1v) is 6.07. The van der Waals surface area contributed by atoms with Gasteiger partial charge in [-0.3, -0.25) is 0 Å². The third kappa shape index (κ3) is 2.56. The molecule has 0 bridgehead atoms. The van der Waals surface area contributed by atoms with Gasteiger partial charge in [0.1, 0.15) is 0 Å². The highest BCUT2D eigenvalue weighted by atomic mass is 16.5. The predicted octanol–water partition coefficient (Wildman–Crippen LogP) is 1.25. The van der Waals surface area contributed by atoms with Crippen LogP contribution in [-0.4, -0.2) is 37.8 Å². The van der Waals surface area contributed by atoms with Crippen LogP contribution in [0.25, 0.3) is 0 Å². The van der Waals surface area contributed by atoms with Crippen LogP contribution in [0.4, 0.5) is 5.69 Å². The first-order chi connectivity index (χ1) is 8.76. The Hall–Kier alpha value is -1.75. The van der Waals surface area contributed by atoms with Crippen LogP contribution in [0, 0.1) is 5.92 Å². The van der Waals surface area contributed by atoms with Gasteiger partial charge in [0.25, 0.3) is 0 Å². The van der Waals surface area contributed by atoms with Crippen molar-refractivity contribution in [3.63, 3.8) is 0 Å². The maximum absolute atomic E-state index is 8.82. The highest BCUT2D eigenvalue weighted by Crippen LogP contribution is 2.27. The van der Waals surface area contributed by atoms with E-state index in [9.17, 15) is 0 Å². The third-order valence-corrected chi connectivity index (χ3v) is 3.32. The third-order valence-electron chi connectivity index (χ3n) is 3.32. The molecular weight excluding hydrogens is 230 g/mol. The number of benzene rings is 1. The fraction of sp³-hybridized carbons (Fsp3) is 0.462. The highest BCUT2D eigenvalue weighted by molar-refractivity contribution is 6.02. The molecule has 0 saturated carbocycles. The average Bonchev–Trinajstić information content (AvgIpc) is 2.87. The molecule has 1 heterocycles. The second kappa shape index (κ2) is 5.73. The first kappa shape index (κ1) is 12.7. The summed E-state index contributed by atoms with van der Waals surface area (Å²) in [4.78, 5) is 2.26. The van der Waals surface area contributed by atoms with Crippen LogP contribution in [0.2, 0.25) is 0 Å². The van der Waals surface area contributed by atoms with E-state index >= 15 is 0 Å². The van der Waals surface area contributed by atoms with Gasteiger partial charge in [0, 0.05) is 37.4 Å². The van der Waals surface area contributed by atoms with E-state index in [1.807, 2.05) is 24.3 Å². The quantitative estimate of drug-likeness (QED) is 0.365. The first-order valence-electron chi connectivity index (χ1n) is 6.07. The van der Waals surface area contributed by atoms with Crippen molar-refractivity contribution in [2.24, 2.45) is 16.8 Å². The van der Waals surface area contributed by atoms with Gasteiger partial charge >= 0.3 is 0 Å². The molecule has 0 amide bonds. The van der Waals surface area contributed by atoms with Gasteiger partial charge < -0.3 is 20.6 Å². The van der Waals surface area contributed by atoms with Crippen LogP contribution in [-0.2, 0) is 4.74 Å². The number of anilines is 1. The van der Waals surface area contributed by atoms with E-state index in [0.717, 1.165) is 37.4 Å². The van der Waals surface area contributed by atoms with Crippen LogP contribution >= 0.6 is 0 Å². The lowest BCUT2D eigenvalue weighted by atomic mass is 10.1. The average molecular weight is 249 g/mol. The zero-order chi connectivity index (χ0) is 13.0. The van der Waals surface area contributed by atoms with Crippen molar-refractivity contribution in [3.8, 4) is 0 Å². The van der Waals surface area contributed by atoms with Crippen molar-refractivity contribution in [3.05, 3.63) is 29.8 Å². The van der Waals surface area contributed by atoms with Gasteiger partial charge in [-0.05, 0) is 18.6 Å². The molecule has 1 aromatic carbocycles. The zero-order valence-electron chi connectivity index (χ0n) is 10.5. The molecule has 1 aromatic rings. The molecule has 1 aliphatic rings. The summed E-state index contributed by atoms with van der Waals surface area (Å²) in [5, 5.41) is 11.9. The van der Waals surface area contributed by atoms with Gasteiger partial charge in [-0.15, -0.1) is 0 Å². The van der Waals surface area contributed by atoms with Crippen LogP contribution in [0.5, 0.6) is 0 Å². The van der Waals surface area contributed by atoms with Gasteiger partial charge in [0.15, 0.2) is 5.84 Å². The highest BCUT2D eigenvalue weighted by Gasteiger charge is 2.24. The normalized spacial score (nSPS) is 20.4. The second-order valence-corrected chi connectivity index (χ2v) is 4.56. The van der Waals surface area contributed by atoms with Gasteiger partial charge in [-0.25, -0.2) is 0 Å². The van der Waals surface area contributed by atoms with E-state index in [0.29, 0.717) is 5.92 Å². The lowest BCUT2D eigenvalue weighted by Gasteiger charge is -2.21. The maximum Gasteiger partial charge on any atom is 0.172 e. The monoisotopic (exact) mass is 249 g/mol. The van der Waals surface area contributed by atoms with E-state index in [1.165, 1.54) is 0 Å². The maximum atomic E-state index is 8.82. The predicted molar refractivity (Wildman–Crippen MR) is 71.1 cm³/mol. The second-order valence-electron chi connectivity index (χ2n) is 4.56.